The predicted molar refractivity (Wildman–Crippen MR) is 160 cm³/mol. The van der Waals surface area contributed by atoms with Gasteiger partial charge in [-0.25, -0.2) is 0 Å². The lowest BCUT2D eigenvalue weighted by Crippen LogP contribution is -2.58. The summed E-state index contributed by atoms with van der Waals surface area (Å²) in [4.78, 5) is 80.6. The van der Waals surface area contributed by atoms with Gasteiger partial charge in [0.2, 0.25) is 29.5 Å². The van der Waals surface area contributed by atoms with E-state index in [2.05, 4.69) is 20.9 Å². The molecule has 1 saturated heterocycles. The summed E-state index contributed by atoms with van der Waals surface area (Å²) in [5.41, 5.74) is 7.90. The van der Waals surface area contributed by atoms with Crippen LogP contribution in [0, 0.1) is 0 Å². The molecule has 44 heavy (non-hydrogen) atoms. The number of carboxylic acids is 1. The van der Waals surface area contributed by atoms with Crippen LogP contribution in [0.3, 0.4) is 0 Å². The lowest BCUT2D eigenvalue weighted by atomic mass is 10.0. The highest BCUT2D eigenvalue weighted by Crippen LogP contribution is 2.23. The van der Waals surface area contributed by atoms with Crippen molar-refractivity contribution in [2.45, 2.75) is 63.2 Å². The standard InChI is InChI=1S/C31H36N6O7/c1-18(38)34-25(15-20-17-33-22-11-6-5-10-21(20)22)31(44)37-13-7-12-26(37)30(43)36-24(16-27(39)40)29(42)35-23(28(32)41)14-19-8-3-2-4-9-19/h2-6,8-11,17,23-26,33H,7,12-16H2,1H3,(H2,32,41)(H,34,38)(H,35,42)(H,36,43)(H,39,40)/t23-,24-,25-,26-/m0/s1. The third kappa shape index (κ3) is 8.00. The van der Waals surface area contributed by atoms with Crippen LogP contribution in [0.4, 0.5) is 0 Å². The maximum atomic E-state index is 13.7. The molecule has 0 spiro atoms. The van der Waals surface area contributed by atoms with E-state index in [9.17, 15) is 33.9 Å². The largest absolute Gasteiger partial charge is 0.481 e. The van der Waals surface area contributed by atoms with E-state index in [4.69, 9.17) is 5.73 Å². The number of benzene rings is 2. The fourth-order valence-electron chi connectivity index (χ4n) is 5.47. The van der Waals surface area contributed by atoms with E-state index in [0.717, 1.165) is 22.0 Å². The second-order valence-corrected chi connectivity index (χ2v) is 10.8. The molecule has 2 aromatic carbocycles. The van der Waals surface area contributed by atoms with Gasteiger partial charge in [-0.2, -0.15) is 0 Å². The number of carbonyl (C=O) groups excluding carboxylic acids is 5. The Morgan fingerprint density at radius 2 is 1.64 bits per heavy atom. The Balaban J connectivity index is 1.48. The maximum Gasteiger partial charge on any atom is 0.305 e. The van der Waals surface area contributed by atoms with Crippen LogP contribution in [0.2, 0.25) is 0 Å². The summed E-state index contributed by atoms with van der Waals surface area (Å²) in [6.45, 7) is 1.54. The third-order valence-corrected chi connectivity index (χ3v) is 7.57. The lowest BCUT2D eigenvalue weighted by Gasteiger charge is -2.29. The molecule has 4 rings (SSSR count). The Kier molecular flexibility index (Phi) is 10.3. The number of primary amides is 1. The second kappa shape index (κ2) is 14.3. The first-order valence-electron chi connectivity index (χ1n) is 14.3. The van der Waals surface area contributed by atoms with E-state index < -0.39 is 66.1 Å². The van der Waals surface area contributed by atoms with E-state index in [0.29, 0.717) is 6.42 Å². The van der Waals surface area contributed by atoms with Crippen LogP contribution in [-0.4, -0.2) is 81.2 Å². The van der Waals surface area contributed by atoms with Gasteiger partial charge in [-0.3, -0.25) is 28.8 Å². The van der Waals surface area contributed by atoms with Gasteiger partial charge in [0.15, 0.2) is 0 Å². The van der Waals surface area contributed by atoms with Crippen LogP contribution >= 0.6 is 0 Å². The number of likely N-dealkylation sites (tertiary alicyclic amines) is 1. The normalized spacial score (nSPS) is 16.5. The van der Waals surface area contributed by atoms with E-state index in [1.165, 1.54) is 11.8 Å². The van der Waals surface area contributed by atoms with Crippen LogP contribution in [0.25, 0.3) is 10.9 Å². The van der Waals surface area contributed by atoms with E-state index >= 15 is 0 Å². The molecule has 0 bridgehead atoms. The number of aliphatic carboxylic acids is 1. The zero-order valence-corrected chi connectivity index (χ0v) is 24.2. The molecule has 232 valence electrons. The Labute approximate surface area is 253 Å². The molecule has 0 aliphatic carbocycles. The minimum Gasteiger partial charge on any atom is -0.481 e. The average Bonchev–Trinajstić information content (AvgIpc) is 3.64. The first kappa shape index (κ1) is 31.7. The van der Waals surface area contributed by atoms with Crippen molar-refractivity contribution in [2.75, 3.05) is 6.54 Å². The molecule has 1 fully saturated rings. The topological polar surface area (TPSA) is 204 Å². The number of aromatic amines is 1. The molecule has 0 radical (unpaired) electrons. The van der Waals surface area contributed by atoms with Gasteiger partial charge < -0.3 is 36.7 Å². The van der Waals surface area contributed by atoms with Crippen LogP contribution < -0.4 is 21.7 Å². The summed E-state index contributed by atoms with van der Waals surface area (Å²) in [5.74, 6) is -4.68. The summed E-state index contributed by atoms with van der Waals surface area (Å²) in [7, 11) is 0. The van der Waals surface area contributed by atoms with Gasteiger partial charge >= 0.3 is 5.97 Å². The number of H-pyrrole nitrogens is 1. The van der Waals surface area contributed by atoms with Crippen molar-refractivity contribution in [1.82, 2.24) is 25.8 Å². The SMILES string of the molecule is CC(=O)N[C@@H](Cc1c[nH]c2ccccc12)C(=O)N1CCC[C@H]1C(=O)N[C@@H](CC(=O)O)C(=O)N[C@@H](Cc1ccccc1)C(N)=O. The van der Waals surface area contributed by atoms with Crippen molar-refractivity contribution >= 4 is 46.4 Å². The molecule has 13 heteroatoms. The summed E-state index contributed by atoms with van der Waals surface area (Å²) in [6, 6.07) is 11.7. The Hall–Kier alpha value is -5.20. The number of amides is 5. The molecule has 0 unspecified atom stereocenters. The quantitative estimate of drug-likeness (QED) is 0.162. The van der Waals surface area contributed by atoms with Gasteiger partial charge in [-0.05, 0) is 30.0 Å². The smallest absolute Gasteiger partial charge is 0.305 e. The van der Waals surface area contributed by atoms with Crippen LogP contribution in [0.5, 0.6) is 0 Å². The number of carbonyl (C=O) groups is 6. The number of nitrogens with zero attached hydrogens (tertiary/aromatic N) is 1. The number of nitrogens with two attached hydrogens (primary N) is 1. The van der Waals surface area contributed by atoms with Crippen molar-refractivity contribution < 1.29 is 33.9 Å². The molecule has 1 aromatic heterocycles. The molecule has 0 saturated carbocycles. The highest BCUT2D eigenvalue weighted by atomic mass is 16.4. The van der Waals surface area contributed by atoms with Gasteiger partial charge in [-0.15, -0.1) is 0 Å². The van der Waals surface area contributed by atoms with Crippen molar-refractivity contribution in [3.05, 3.63) is 71.9 Å². The van der Waals surface area contributed by atoms with E-state index in [1.54, 1.807) is 36.5 Å². The monoisotopic (exact) mass is 604 g/mol. The fourth-order valence-corrected chi connectivity index (χ4v) is 5.47. The van der Waals surface area contributed by atoms with Gasteiger partial charge in [-0.1, -0.05) is 48.5 Å². The second-order valence-electron chi connectivity index (χ2n) is 10.8. The number of nitrogens with one attached hydrogen (secondary N) is 4. The molecular formula is C31H36N6O7. The molecule has 5 amide bonds. The summed E-state index contributed by atoms with van der Waals surface area (Å²) in [6.07, 6.45) is 2.02. The highest BCUT2D eigenvalue weighted by Gasteiger charge is 2.39. The number of carboxylic acid groups (broad SMARTS) is 1. The van der Waals surface area contributed by atoms with Crippen molar-refractivity contribution in [1.29, 1.82) is 0 Å². The van der Waals surface area contributed by atoms with Crippen molar-refractivity contribution in [3.63, 3.8) is 0 Å². The van der Waals surface area contributed by atoms with Gasteiger partial charge in [0, 0.05) is 43.4 Å². The van der Waals surface area contributed by atoms with Crippen LogP contribution in [0.1, 0.15) is 37.3 Å². The minimum atomic E-state index is -1.53. The number of para-hydroxylation sites is 1. The van der Waals surface area contributed by atoms with Gasteiger partial charge in [0.05, 0.1) is 6.42 Å². The number of aromatic nitrogens is 1. The zero-order chi connectivity index (χ0) is 31.8. The van der Waals surface area contributed by atoms with Crippen molar-refractivity contribution in [3.8, 4) is 0 Å². The molecular weight excluding hydrogens is 568 g/mol. The fraction of sp³-hybridized carbons (Fsp3) is 0.355. The molecule has 3 aromatic rings. The molecule has 1 aliphatic rings. The summed E-state index contributed by atoms with van der Waals surface area (Å²) >= 11 is 0. The summed E-state index contributed by atoms with van der Waals surface area (Å²) < 4.78 is 0. The number of hydrogen-bond donors (Lipinski definition) is 6. The first-order chi connectivity index (χ1) is 21.0. The van der Waals surface area contributed by atoms with Crippen molar-refractivity contribution in [2.24, 2.45) is 5.73 Å². The molecule has 7 N–H and O–H groups in total. The average molecular weight is 605 g/mol. The summed E-state index contributed by atoms with van der Waals surface area (Å²) in [5, 5.41) is 18.0. The predicted octanol–water partition coefficient (Wildman–Crippen LogP) is 0.378. The molecule has 2 heterocycles. The first-order valence-corrected chi connectivity index (χ1v) is 14.3. The van der Waals surface area contributed by atoms with Gasteiger partial charge in [0.1, 0.15) is 24.2 Å². The van der Waals surface area contributed by atoms with E-state index in [-0.39, 0.29) is 25.8 Å². The minimum absolute atomic E-state index is 0.0710. The lowest BCUT2D eigenvalue weighted by molar-refractivity contribution is -0.144. The Morgan fingerprint density at radius 1 is 0.932 bits per heavy atom. The molecule has 13 nitrogen and oxygen atoms in total. The maximum absolute atomic E-state index is 13.7. The Morgan fingerprint density at radius 3 is 2.32 bits per heavy atom. The Bertz CT molecular complexity index is 1540. The van der Waals surface area contributed by atoms with Crippen LogP contribution in [0.15, 0.2) is 60.8 Å². The number of rotatable bonds is 13. The third-order valence-electron chi connectivity index (χ3n) is 7.57. The molecule has 4 atom stereocenters. The number of hydrogen-bond acceptors (Lipinski definition) is 6. The van der Waals surface area contributed by atoms with E-state index in [1.807, 2.05) is 24.3 Å². The highest BCUT2D eigenvalue weighted by molar-refractivity contribution is 5.97. The van der Waals surface area contributed by atoms with Crippen LogP contribution in [-0.2, 0) is 41.6 Å². The molecule has 1 aliphatic heterocycles. The van der Waals surface area contributed by atoms with Gasteiger partial charge in [0.25, 0.3) is 0 Å². The zero-order valence-electron chi connectivity index (χ0n) is 24.2. The number of fused-ring (bicyclic) bond motifs is 1.